The van der Waals surface area contributed by atoms with Crippen molar-refractivity contribution in [2.45, 2.75) is 33.2 Å². The lowest BCUT2D eigenvalue weighted by Crippen LogP contribution is -2.07. The van der Waals surface area contributed by atoms with E-state index < -0.39 is 11.6 Å². The van der Waals surface area contributed by atoms with E-state index in [-0.39, 0.29) is 34.2 Å². The summed E-state index contributed by atoms with van der Waals surface area (Å²) in [4.78, 5) is 0. The lowest BCUT2D eigenvalue weighted by molar-refractivity contribution is 0.501. The van der Waals surface area contributed by atoms with Gasteiger partial charge < -0.3 is 5.73 Å². The number of aryl methyl sites for hydroxylation is 1. The number of benzene rings is 1. The molecule has 0 aliphatic heterocycles. The van der Waals surface area contributed by atoms with Crippen LogP contribution in [0, 0.1) is 23.0 Å². The molecule has 21 heavy (non-hydrogen) atoms. The van der Waals surface area contributed by atoms with Gasteiger partial charge in [0.15, 0.2) is 11.6 Å². The molecule has 1 aromatic heterocycles. The van der Waals surface area contributed by atoms with Gasteiger partial charge in [-0.2, -0.15) is 10.4 Å². The predicted octanol–water partition coefficient (Wildman–Crippen LogP) is 3.43. The van der Waals surface area contributed by atoms with Crippen molar-refractivity contribution in [3.05, 3.63) is 34.9 Å². The molecule has 0 aliphatic rings. The third-order valence-corrected chi connectivity index (χ3v) is 3.35. The highest BCUT2D eigenvalue weighted by Crippen LogP contribution is 2.32. The Labute approximate surface area is 121 Å². The molecule has 1 aromatic carbocycles. The van der Waals surface area contributed by atoms with Gasteiger partial charge in [0.2, 0.25) is 0 Å². The number of halogens is 2. The van der Waals surface area contributed by atoms with Crippen LogP contribution < -0.4 is 5.73 Å². The zero-order valence-corrected chi connectivity index (χ0v) is 12.1. The first-order valence-corrected chi connectivity index (χ1v) is 6.67. The number of anilines is 1. The van der Waals surface area contributed by atoms with E-state index in [0.717, 1.165) is 0 Å². The number of nitriles is 1. The quantitative estimate of drug-likeness (QED) is 0.941. The molecular formula is C15H16F2N4. The molecule has 0 atom stereocenters. The minimum Gasteiger partial charge on any atom is -0.383 e. The van der Waals surface area contributed by atoms with Crippen LogP contribution in [0.4, 0.5) is 14.6 Å². The maximum Gasteiger partial charge on any atom is 0.168 e. The van der Waals surface area contributed by atoms with Crippen LogP contribution in [-0.2, 0) is 6.42 Å². The lowest BCUT2D eigenvalue weighted by atomic mass is 10.0. The number of hydrogen-bond donors (Lipinski definition) is 1. The molecule has 1 heterocycles. The Morgan fingerprint density at radius 2 is 2.00 bits per heavy atom. The number of nitrogens with two attached hydrogens (primary N) is 1. The highest BCUT2D eigenvalue weighted by atomic mass is 19.2. The standard InChI is InChI=1S/C15H16F2N4/c1-4-9-5-6-10(13(17)12(9)16)14-11(7-18)15(19)21(20-14)8(2)3/h5-6,8H,4,19H2,1-3H3. The third-order valence-electron chi connectivity index (χ3n) is 3.35. The highest BCUT2D eigenvalue weighted by molar-refractivity contribution is 5.73. The topological polar surface area (TPSA) is 67.6 Å². The van der Waals surface area contributed by atoms with Crippen LogP contribution in [0.3, 0.4) is 0 Å². The van der Waals surface area contributed by atoms with Crippen molar-refractivity contribution in [1.82, 2.24) is 9.78 Å². The molecule has 0 bridgehead atoms. The van der Waals surface area contributed by atoms with Crippen LogP contribution in [-0.4, -0.2) is 9.78 Å². The molecule has 6 heteroatoms. The molecule has 0 fully saturated rings. The summed E-state index contributed by atoms with van der Waals surface area (Å²) in [6.45, 7) is 5.42. The molecule has 0 unspecified atom stereocenters. The minimum atomic E-state index is -1.00. The Morgan fingerprint density at radius 1 is 1.33 bits per heavy atom. The second kappa shape index (κ2) is 5.52. The molecule has 2 rings (SSSR count). The first kappa shape index (κ1) is 15.0. The van der Waals surface area contributed by atoms with E-state index in [9.17, 15) is 14.0 Å². The van der Waals surface area contributed by atoms with Crippen LogP contribution in [0.1, 0.15) is 37.9 Å². The van der Waals surface area contributed by atoms with Gasteiger partial charge >= 0.3 is 0 Å². The van der Waals surface area contributed by atoms with Crippen LogP contribution in [0.25, 0.3) is 11.3 Å². The van der Waals surface area contributed by atoms with E-state index in [0.29, 0.717) is 6.42 Å². The van der Waals surface area contributed by atoms with Gasteiger partial charge in [0.05, 0.1) is 0 Å². The molecule has 0 saturated heterocycles. The summed E-state index contributed by atoms with van der Waals surface area (Å²) in [6, 6.07) is 4.76. The van der Waals surface area contributed by atoms with Gasteiger partial charge in [0.25, 0.3) is 0 Å². The fourth-order valence-electron chi connectivity index (χ4n) is 2.19. The molecule has 2 N–H and O–H groups in total. The third kappa shape index (κ3) is 2.35. The van der Waals surface area contributed by atoms with Crippen molar-refractivity contribution in [2.24, 2.45) is 0 Å². The Morgan fingerprint density at radius 3 is 2.52 bits per heavy atom. The largest absolute Gasteiger partial charge is 0.383 e. The summed E-state index contributed by atoms with van der Waals surface area (Å²) in [5.41, 5.74) is 6.23. The van der Waals surface area contributed by atoms with Gasteiger partial charge in [-0.1, -0.05) is 13.0 Å². The van der Waals surface area contributed by atoms with Gasteiger partial charge in [-0.15, -0.1) is 0 Å². The zero-order chi connectivity index (χ0) is 15.7. The van der Waals surface area contributed by atoms with Gasteiger partial charge in [0, 0.05) is 11.6 Å². The Balaban J connectivity index is 2.71. The zero-order valence-electron chi connectivity index (χ0n) is 12.1. The summed E-state index contributed by atoms with van der Waals surface area (Å²) in [5.74, 6) is -1.75. The molecule has 110 valence electrons. The lowest BCUT2D eigenvalue weighted by Gasteiger charge is -2.07. The van der Waals surface area contributed by atoms with E-state index >= 15 is 0 Å². The van der Waals surface area contributed by atoms with Gasteiger partial charge in [-0.05, 0) is 31.9 Å². The molecular weight excluding hydrogens is 274 g/mol. The summed E-state index contributed by atoms with van der Waals surface area (Å²) in [6.07, 6.45) is 0.386. The van der Waals surface area contributed by atoms with Crippen LogP contribution in [0.2, 0.25) is 0 Å². The smallest absolute Gasteiger partial charge is 0.168 e. The molecule has 0 radical (unpaired) electrons. The summed E-state index contributed by atoms with van der Waals surface area (Å²) >= 11 is 0. The highest BCUT2D eigenvalue weighted by Gasteiger charge is 2.23. The Kier molecular flexibility index (Phi) is 3.94. The van der Waals surface area contributed by atoms with Gasteiger partial charge in [-0.25, -0.2) is 13.5 Å². The average molecular weight is 290 g/mol. The van der Waals surface area contributed by atoms with E-state index in [1.54, 1.807) is 6.92 Å². The Hall–Kier alpha value is -2.42. The molecule has 0 aliphatic carbocycles. The summed E-state index contributed by atoms with van der Waals surface area (Å²) < 4.78 is 29.6. The monoisotopic (exact) mass is 290 g/mol. The minimum absolute atomic E-state index is 0.0487. The second-order valence-electron chi connectivity index (χ2n) is 5.01. The number of nitrogen functional groups attached to an aromatic ring is 1. The SMILES string of the molecule is CCc1ccc(-c2nn(C(C)C)c(N)c2C#N)c(F)c1F. The second-order valence-corrected chi connectivity index (χ2v) is 5.01. The van der Waals surface area contributed by atoms with Crippen molar-refractivity contribution in [3.8, 4) is 17.3 Å². The van der Waals surface area contributed by atoms with Crippen molar-refractivity contribution in [2.75, 3.05) is 5.73 Å². The fourth-order valence-corrected chi connectivity index (χ4v) is 2.19. The van der Waals surface area contributed by atoms with Crippen LogP contribution in [0.15, 0.2) is 12.1 Å². The van der Waals surface area contributed by atoms with Gasteiger partial charge in [-0.3, -0.25) is 0 Å². The number of aromatic nitrogens is 2. The van der Waals surface area contributed by atoms with Crippen molar-refractivity contribution >= 4 is 5.82 Å². The molecule has 0 amide bonds. The summed E-state index contributed by atoms with van der Waals surface area (Å²) in [5, 5.41) is 13.4. The van der Waals surface area contributed by atoms with Crippen molar-refractivity contribution in [1.29, 1.82) is 5.26 Å². The summed E-state index contributed by atoms with van der Waals surface area (Å²) in [7, 11) is 0. The van der Waals surface area contributed by atoms with E-state index in [1.165, 1.54) is 16.8 Å². The van der Waals surface area contributed by atoms with Crippen molar-refractivity contribution < 1.29 is 8.78 Å². The number of rotatable bonds is 3. The molecule has 2 aromatic rings. The van der Waals surface area contributed by atoms with E-state index in [4.69, 9.17) is 5.73 Å². The van der Waals surface area contributed by atoms with Crippen molar-refractivity contribution in [3.63, 3.8) is 0 Å². The van der Waals surface area contributed by atoms with Crippen LogP contribution >= 0.6 is 0 Å². The first-order chi connectivity index (χ1) is 9.92. The van der Waals surface area contributed by atoms with E-state index in [1.807, 2.05) is 19.9 Å². The van der Waals surface area contributed by atoms with Crippen LogP contribution in [0.5, 0.6) is 0 Å². The Bertz CT molecular complexity index is 726. The number of nitrogens with zero attached hydrogens (tertiary/aromatic N) is 3. The molecule has 4 nitrogen and oxygen atoms in total. The number of hydrogen-bond acceptors (Lipinski definition) is 3. The van der Waals surface area contributed by atoms with Gasteiger partial charge in [0.1, 0.15) is 23.1 Å². The predicted molar refractivity (Wildman–Crippen MR) is 76.5 cm³/mol. The maximum absolute atomic E-state index is 14.2. The fraction of sp³-hybridized carbons (Fsp3) is 0.333. The molecule has 0 spiro atoms. The normalized spacial score (nSPS) is 10.9. The molecule has 0 saturated carbocycles. The average Bonchev–Trinajstić information content (AvgIpc) is 2.78. The first-order valence-electron chi connectivity index (χ1n) is 6.67. The maximum atomic E-state index is 14.2. The van der Waals surface area contributed by atoms with E-state index in [2.05, 4.69) is 5.10 Å².